The summed E-state index contributed by atoms with van der Waals surface area (Å²) < 4.78 is 0. The van der Waals surface area contributed by atoms with Crippen molar-refractivity contribution in [2.75, 3.05) is 0 Å². The molecule has 48 heavy (non-hydrogen) atoms. The zero-order chi connectivity index (χ0) is 31.5. The summed E-state index contributed by atoms with van der Waals surface area (Å²) in [5.41, 5.74) is 18.8. The molecule has 0 amide bonds. The minimum Gasteiger partial charge on any atom is -0.252 e. The summed E-state index contributed by atoms with van der Waals surface area (Å²) in [4.78, 5) is 9.78. The average molecular weight is 609 g/mol. The second kappa shape index (κ2) is 9.24. The summed E-state index contributed by atoms with van der Waals surface area (Å²) in [5, 5.41) is 0. The normalized spacial score (nSPS) is 15.0. The Balaban J connectivity index is 1.25. The molecule has 2 nitrogen and oxygen atoms in total. The Morgan fingerprint density at radius 2 is 0.729 bits per heavy atom. The molecule has 2 heteroatoms. The van der Waals surface area contributed by atoms with Crippen molar-refractivity contribution in [2.45, 2.75) is 10.8 Å². The maximum Gasteiger partial charge on any atom is 0.0894 e. The number of rotatable bonds is 1. The molecule has 222 valence electrons. The van der Waals surface area contributed by atoms with E-state index in [0.717, 1.165) is 22.3 Å². The van der Waals surface area contributed by atoms with Crippen LogP contribution >= 0.6 is 0 Å². The number of benzene rings is 7. The number of hydrogen-bond donors (Lipinski definition) is 0. The number of para-hydroxylation sites is 2. The molecule has 8 aromatic rings. The van der Waals surface area contributed by atoms with Crippen LogP contribution in [0, 0.1) is 0 Å². The molecule has 0 radical (unpaired) electrons. The molecule has 0 saturated carbocycles. The fourth-order valence-electron chi connectivity index (χ4n) is 9.50. The molecule has 1 heterocycles. The summed E-state index contributed by atoms with van der Waals surface area (Å²) in [7, 11) is 0. The van der Waals surface area contributed by atoms with E-state index in [0.29, 0.717) is 0 Å². The average Bonchev–Trinajstić information content (AvgIpc) is 3.62. The molecule has 0 fully saturated rings. The molecule has 0 unspecified atom stereocenters. The van der Waals surface area contributed by atoms with Crippen LogP contribution in [-0.2, 0) is 10.8 Å². The molecule has 0 atom stereocenters. The van der Waals surface area contributed by atoms with Crippen molar-refractivity contribution in [3.63, 3.8) is 0 Å². The number of nitrogens with zero attached hydrogens (tertiary/aromatic N) is 2. The van der Waals surface area contributed by atoms with Gasteiger partial charge in [-0.3, -0.25) is 4.98 Å². The summed E-state index contributed by atoms with van der Waals surface area (Å²) in [6, 6.07) is 60.7. The fraction of sp³-hybridized carbons (Fsp3) is 0.0435. The molecule has 0 aliphatic heterocycles. The Hall–Kier alpha value is -6.12. The molecule has 0 saturated heterocycles. The van der Waals surface area contributed by atoms with Crippen molar-refractivity contribution >= 4 is 11.0 Å². The smallest absolute Gasteiger partial charge is 0.0894 e. The number of hydrogen-bond acceptors (Lipinski definition) is 2. The maximum atomic E-state index is 5.03. The summed E-state index contributed by atoms with van der Waals surface area (Å²) >= 11 is 0. The van der Waals surface area contributed by atoms with Crippen molar-refractivity contribution in [1.29, 1.82) is 0 Å². The highest BCUT2D eigenvalue weighted by atomic mass is 14.8. The molecule has 0 bridgehead atoms. The quantitative estimate of drug-likeness (QED) is 0.185. The molecule has 3 aliphatic rings. The SMILES string of the molecule is c1ccc2c(c1)-c1ccccc1C21c2ccccc2C2(c3ccccc3-c3cc(-c4cnc5ccccc5n4)ccc32)c2ccccc21. The highest BCUT2D eigenvalue weighted by Gasteiger charge is 2.58. The van der Waals surface area contributed by atoms with Gasteiger partial charge in [-0.15, -0.1) is 0 Å². The third-order valence-electron chi connectivity index (χ3n) is 11.2. The summed E-state index contributed by atoms with van der Waals surface area (Å²) in [5.74, 6) is 0. The van der Waals surface area contributed by atoms with Crippen LogP contribution in [0.5, 0.6) is 0 Å². The first-order valence-electron chi connectivity index (χ1n) is 16.7. The van der Waals surface area contributed by atoms with Crippen LogP contribution in [0.25, 0.3) is 44.5 Å². The number of fused-ring (bicyclic) bond motifs is 17. The zero-order valence-electron chi connectivity index (χ0n) is 26.1. The molecule has 3 aliphatic carbocycles. The molecular formula is C46H28N2. The Morgan fingerprint density at radius 3 is 1.25 bits per heavy atom. The molecule has 11 rings (SSSR count). The highest BCUT2D eigenvalue weighted by Crippen LogP contribution is 2.67. The first-order chi connectivity index (χ1) is 23.8. The van der Waals surface area contributed by atoms with Gasteiger partial charge in [0.1, 0.15) is 0 Å². The van der Waals surface area contributed by atoms with E-state index in [4.69, 9.17) is 9.97 Å². The third-order valence-corrected chi connectivity index (χ3v) is 11.2. The fourth-order valence-corrected chi connectivity index (χ4v) is 9.50. The molecular weight excluding hydrogens is 581 g/mol. The monoisotopic (exact) mass is 608 g/mol. The highest BCUT2D eigenvalue weighted by molar-refractivity contribution is 5.94. The minimum absolute atomic E-state index is 0.427. The van der Waals surface area contributed by atoms with Gasteiger partial charge in [0.05, 0.1) is 33.8 Å². The minimum atomic E-state index is -0.482. The van der Waals surface area contributed by atoms with Gasteiger partial charge in [0, 0.05) is 5.56 Å². The van der Waals surface area contributed by atoms with Crippen LogP contribution in [0.15, 0.2) is 170 Å². The van der Waals surface area contributed by atoms with E-state index in [1.165, 1.54) is 66.8 Å². The van der Waals surface area contributed by atoms with E-state index in [2.05, 4.69) is 140 Å². The van der Waals surface area contributed by atoms with E-state index >= 15 is 0 Å². The lowest BCUT2D eigenvalue weighted by molar-refractivity contribution is 0.633. The summed E-state index contributed by atoms with van der Waals surface area (Å²) in [6.07, 6.45) is 1.91. The van der Waals surface area contributed by atoms with Crippen LogP contribution in [0.1, 0.15) is 44.5 Å². The van der Waals surface area contributed by atoms with E-state index in [1.807, 2.05) is 30.5 Å². The van der Waals surface area contributed by atoms with Gasteiger partial charge >= 0.3 is 0 Å². The van der Waals surface area contributed by atoms with E-state index < -0.39 is 10.8 Å². The second-order valence-corrected chi connectivity index (χ2v) is 13.2. The third kappa shape index (κ3) is 2.99. The zero-order valence-corrected chi connectivity index (χ0v) is 26.1. The maximum absolute atomic E-state index is 5.03. The van der Waals surface area contributed by atoms with Crippen LogP contribution in [0.4, 0.5) is 0 Å². The van der Waals surface area contributed by atoms with Crippen molar-refractivity contribution in [1.82, 2.24) is 9.97 Å². The van der Waals surface area contributed by atoms with Crippen molar-refractivity contribution in [2.24, 2.45) is 0 Å². The summed E-state index contributed by atoms with van der Waals surface area (Å²) in [6.45, 7) is 0. The first kappa shape index (κ1) is 26.0. The largest absolute Gasteiger partial charge is 0.252 e. The second-order valence-electron chi connectivity index (χ2n) is 13.2. The van der Waals surface area contributed by atoms with Crippen LogP contribution in [0.2, 0.25) is 0 Å². The van der Waals surface area contributed by atoms with Gasteiger partial charge in [-0.2, -0.15) is 0 Å². The Kier molecular flexibility index (Phi) is 5.01. The predicted molar refractivity (Wildman–Crippen MR) is 193 cm³/mol. The Bertz CT molecular complexity index is 2550. The van der Waals surface area contributed by atoms with E-state index in [9.17, 15) is 0 Å². The van der Waals surface area contributed by atoms with E-state index in [-0.39, 0.29) is 0 Å². The molecule has 1 aromatic heterocycles. The van der Waals surface area contributed by atoms with Gasteiger partial charge in [0.2, 0.25) is 0 Å². The first-order valence-corrected chi connectivity index (χ1v) is 16.7. The Morgan fingerprint density at radius 1 is 0.333 bits per heavy atom. The topological polar surface area (TPSA) is 25.8 Å². The van der Waals surface area contributed by atoms with E-state index in [1.54, 1.807) is 0 Å². The van der Waals surface area contributed by atoms with Crippen LogP contribution in [-0.4, -0.2) is 9.97 Å². The standard InChI is InChI=1S/C46H28N2/c1-4-16-34-30(13-1)31-14-2-5-17-35(31)45(34)38-19-7-9-21-40(38)46(41-22-10-8-20-39(41)45)36-18-6-3-15-32(36)33-27-29(25-26-37(33)46)44-28-47-42-23-11-12-24-43(42)48-44/h1-28H. The Labute approximate surface area is 279 Å². The van der Waals surface area contributed by atoms with Crippen LogP contribution < -0.4 is 0 Å². The van der Waals surface area contributed by atoms with Crippen LogP contribution in [0.3, 0.4) is 0 Å². The lowest BCUT2D eigenvalue weighted by Crippen LogP contribution is -2.43. The lowest BCUT2D eigenvalue weighted by atomic mass is 9.52. The van der Waals surface area contributed by atoms with Crippen molar-refractivity contribution in [3.05, 3.63) is 214 Å². The van der Waals surface area contributed by atoms with Gasteiger partial charge in [0.25, 0.3) is 0 Å². The molecule has 0 N–H and O–H groups in total. The van der Waals surface area contributed by atoms with Gasteiger partial charge < -0.3 is 0 Å². The van der Waals surface area contributed by atoms with Gasteiger partial charge in [-0.25, -0.2) is 4.98 Å². The van der Waals surface area contributed by atoms with Gasteiger partial charge in [0.15, 0.2) is 0 Å². The predicted octanol–water partition coefficient (Wildman–Crippen LogP) is 10.3. The van der Waals surface area contributed by atoms with Crippen molar-refractivity contribution in [3.8, 4) is 33.5 Å². The number of aromatic nitrogens is 2. The van der Waals surface area contributed by atoms with Gasteiger partial charge in [-0.1, -0.05) is 146 Å². The van der Waals surface area contributed by atoms with Crippen molar-refractivity contribution < 1.29 is 0 Å². The molecule has 2 spiro atoms. The van der Waals surface area contributed by atoms with Gasteiger partial charge in [-0.05, 0) is 85.0 Å². The molecule has 7 aromatic carbocycles. The lowest BCUT2D eigenvalue weighted by Gasteiger charge is -2.48.